The largest absolute Gasteiger partial charge is 0.340 e. The van der Waals surface area contributed by atoms with Crippen molar-refractivity contribution in [2.24, 2.45) is 5.41 Å². The summed E-state index contributed by atoms with van der Waals surface area (Å²) >= 11 is 1.24. The van der Waals surface area contributed by atoms with Crippen LogP contribution in [0, 0.1) is 5.41 Å². The number of amides is 2. The third kappa shape index (κ3) is 4.84. The average Bonchev–Trinajstić information content (AvgIpc) is 3.01. The molecule has 2 fully saturated rings. The third-order valence-corrected chi connectivity index (χ3v) is 7.12. The van der Waals surface area contributed by atoms with Crippen molar-refractivity contribution in [3.8, 4) is 0 Å². The van der Waals surface area contributed by atoms with Crippen molar-refractivity contribution in [3.05, 3.63) is 11.1 Å². The Morgan fingerprint density at radius 1 is 1.36 bits per heavy atom. The highest BCUT2D eigenvalue weighted by Crippen LogP contribution is 2.30. The van der Waals surface area contributed by atoms with Crippen LogP contribution >= 0.6 is 11.8 Å². The molecule has 0 aromatic rings. The molecule has 2 saturated heterocycles. The monoisotopic (exact) mass is 388 g/mol. The molecule has 0 unspecified atom stereocenters. The number of rotatable bonds is 4. The van der Waals surface area contributed by atoms with E-state index in [0.29, 0.717) is 11.4 Å². The fourth-order valence-corrected chi connectivity index (χ4v) is 5.27. The Bertz CT molecular complexity index is 721. The molecule has 9 heteroatoms. The summed E-state index contributed by atoms with van der Waals surface area (Å²) in [5.74, 6) is -0.427. The summed E-state index contributed by atoms with van der Waals surface area (Å²) in [7, 11) is -1.53. The van der Waals surface area contributed by atoms with E-state index in [1.807, 2.05) is 0 Å². The van der Waals surface area contributed by atoms with Gasteiger partial charge in [0.1, 0.15) is 6.54 Å². The quantitative estimate of drug-likeness (QED) is 0.657. The van der Waals surface area contributed by atoms with Gasteiger partial charge >= 0.3 is 0 Å². The van der Waals surface area contributed by atoms with Gasteiger partial charge in [-0.25, -0.2) is 8.42 Å². The SMILES string of the molecule is CN(C(=O)CN1C(=O)CS/C1=C\C(=O)C(C)(C)C)[C@H]1CCS(=O)(=O)C1. The molecular weight excluding hydrogens is 364 g/mol. The lowest BCUT2D eigenvalue weighted by Gasteiger charge is -2.26. The predicted molar refractivity (Wildman–Crippen MR) is 96.5 cm³/mol. The van der Waals surface area contributed by atoms with Gasteiger partial charge in [0.05, 0.1) is 22.3 Å². The zero-order valence-corrected chi connectivity index (χ0v) is 16.6. The number of hydrogen-bond acceptors (Lipinski definition) is 6. The van der Waals surface area contributed by atoms with Crippen molar-refractivity contribution in [1.82, 2.24) is 9.80 Å². The third-order valence-electron chi connectivity index (χ3n) is 4.35. The van der Waals surface area contributed by atoms with Crippen molar-refractivity contribution < 1.29 is 22.8 Å². The molecule has 2 aliphatic heterocycles. The number of carbonyl (C=O) groups excluding carboxylic acids is 3. The van der Waals surface area contributed by atoms with Gasteiger partial charge in [0.15, 0.2) is 15.6 Å². The number of thioether (sulfide) groups is 1. The van der Waals surface area contributed by atoms with Crippen molar-refractivity contribution in [1.29, 1.82) is 0 Å². The van der Waals surface area contributed by atoms with E-state index in [2.05, 4.69) is 0 Å². The molecule has 0 spiro atoms. The Morgan fingerprint density at radius 3 is 2.52 bits per heavy atom. The number of ketones is 1. The van der Waals surface area contributed by atoms with E-state index in [1.165, 1.54) is 27.6 Å². The Hall–Kier alpha value is -1.35. The Balaban J connectivity index is 2.08. The highest BCUT2D eigenvalue weighted by molar-refractivity contribution is 8.04. The highest BCUT2D eigenvalue weighted by Gasteiger charge is 2.35. The Morgan fingerprint density at radius 2 is 2.00 bits per heavy atom. The fraction of sp³-hybridized carbons (Fsp3) is 0.688. The number of allylic oxidation sites excluding steroid dienone is 1. The van der Waals surface area contributed by atoms with Gasteiger partial charge in [0, 0.05) is 24.6 Å². The van der Waals surface area contributed by atoms with E-state index in [0.717, 1.165) is 0 Å². The van der Waals surface area contributed by atoms with Crippen molar-refractivity contribution in [2.75, 3.05) is 30.9 Å². The predicted octanol–water partition coefficient (Wildman–Crippen LogP) is 0.664. The standard InChI is InChI=1S/C16H24N2O5S2/c1-16(2,3)12(19)7-15-18(14(21)9-24-15)8-13(20)17(4)11-5-6-25(22,23)10-11/h7,11H,5-6,8-10H2,1-4H3/b15-7-/t11-/m0/s1. The number of nitrogens with zero attached hydrogens (tertiary/aromatic N) is 2. The van der Waals surface area contributed by atoms with Crippen LogP contribution in [0.3, 0.4) is 0 Å². The van der Waals surface area contributed by atoms with Crippen molar-refractivity contribution >= 4 is 39.2 Å². The lowest BCUT2D eigenvalue weighted by molar-refractivity contribution is -0.137. The fourth-order valence-electron chi connectivity index (χ4n) is 2.56. The molecule has 2 rings (SSSR count). The maximum atomic E-state index is 12.5. The lowest BCUT2D eigenvalue weighted by Crippen LogP contribution is -2.44. The second-order valence-electron chi connectivity index (χ2n) is 7.43. The van der Waals surface area contributed by atoms with E-state index >= 15 is 0 Å². The molecule has 2 heterocycles. The molecule has 25 heavy (non-hydrogen) atoms. The van der Waals surface area contributed by atoms with Crippen LogP contribution in [0.25, 0.3) is 0 Å². The van der Waals surface area contributed by atoms with Crippen LogP contribution in [0.5, 0.6) is 0 Å². The van der Waals surface area contributed by atoms with Crippen LogP contribution in [0.2, 0.25) is 0 Å². The van der Waals surface area contributed by atoms with E-state index in [-0.39, 0.29) is 47.4 Å². The minimum Gasteiger partial charge on any atom is -0.340 e. The zero-order valence-electron chi connectivity index (χ0n) is 14.9. The smallest absolute Gasteiger partial charge is 0.242 e. The van der Waals surface area contributed by atoms with E-state index in [4.69, 9.17) is 0 Å². The molecule has 0 radical (unpaired) electrons. The second kappa shape index (κ2) is 7.11. The first-order chi connectivity index (χ1) is 11.4. The Kier molecular flexibility index (Phi) is 5.68. The van der Waals surface area contributed by atoms with Crippen LogP contribution in [-0.4, -0.2) is 72.7 Å². The lowest BCUT2D eigenvalue weighted by atomic mass is 9.91. The number of likely N-dealkylation sites (N-methyl/N-ethyl adjacent to an activating group) is 1. The van der Waals surface area contributed by atoms with Crippen LogP contribution in [0.4, 0.5) is 0 Å². The van der Waals surface area contributed by atoms with E-state index in [1.54, 1.807) is 27.8 Å². The van der Waals surface area contributed by atoms with Crippen molar-refractivity contribution in [2.45, 2.75) is 33.2 Å². The van der Waals surface area contributed by atoms with Gasteiger partial charge in [0.25, 0.3) is 0 Å². The van der Waals surface area contributed by atoms with E-state index in [9.17, 15) is 22.8 Å². The van der Waals surface area contributed by atoms with Crippen LogP contribution in [0.1, 0.15) is 27.2 Å². The maximum absolute atomic E-state index is 12.5. The van der Waals surface area contributed by atoms with Crippen molar-refractivity contribution in [3.63, 3.8) is 0 Å². The van der Waals surface area contributed by atoms with E-state index < -0.39 is 15.3 Å². The summed E-state index contributed by atoms with van der Waals surface area (Å²) in [6.07, 6.45) is 1.83. The van der Waals surface area contributed by atoms with Gasteiger partial charge in [0.2, 0.25) is 11.8 Å². The molecule has 140 valence electrons. The molecule has 0 saturated carbocycles. The van der Waals surface area contributed by atoms with Gasteiger partial charge in [-0.3, -0.25) is 19.3 Å². The number of hydrogen-bond donors (Lipinski definition) is 0. The van der Waals surface area contributed by atoms with Crippen LogP contribution in [-0.2, 0) is 24.2 Å². The second-order valence-corrected chi connectivity index (χ2v) is 10.7. The molecule has 0 aromatic carbocycles. The summed E-state index contributed by atoms with van der Waals surface area (Å²) < 4.78 is 23.2. The average molecular weight is 389 g/mol. The van der Waals surface area contributed by atoms with Crippen LogP contribution < -0.4 is 0 Å². The van der Waals surface area contributed by atoms with Gasteiger partial charge in [-0.15, -0.1) is 0 Å². The first-order valence-corrected chi connectivity index (χ1v) is 10.9. The highest BCUT2D eigenvalue weighted by atomic mass is 32.2. The van der Waals surface area contributed by atoms with Crippen LogP contribution in [0.15, 0.2) is 11.1 Å². The van der Waals surface area contributed by atoms with Gasteiger partial charge in [-0.2, -0.15) is 0 Å². The molecule has 1 atom stereocenters. The Labute approximate surface area is 152 Å². The molecule has 2 aliphatic rings. The first-order valence-electron chi connectivity index (χ1n) is 8.06. The summed E-state index contributed by atoms with van der Waals surface area (Å²) in [5.41, 5.74) is -0.566. The van der Waals surface area contributed by atoms with Gasteiger partial charge in [-0.1, -0.05) is 32.5 Å². The summed E-state index contributed by atoms with van der Waals surface area (Å²) in [5, 5.41) is 0.478. The normalized spacial score (nSPS) is 24.8. The number of carbonyl (C=O) groups is 3. The number of sulfone groups is 1. The summed E-state index contributed by atoms with van der Waals surface area (Å²) in [6, 6.07) is -0.355. The summed E-state index contributed by atoms with van der Waals surface area (Å²) in [6.45, 7) is 5.19. The summed E-state index contributed by atoms with van der Waals surface area (Å²) in [4.78, 5) is 39.5. The molecule has 0 N–H and O–H groups in total. The molecule has 0 bridgehead atoms. The maximum Gasteiger partial charge on any atom is 0.242 e. The first kappa shape index (κ1) is 20.0. The molecule has 0 aliphatic carbocycles. The minimum absolute atomic E-state index is 0.0385. The topological polar surface area (TPSA) is 91.8 Å². The van der Waals surface area contributed by atoms with Gasteiger partial charge in [-0.05, 0) is 6.42 Å². The zero-order chi connectivity index (χ0) is 19.0. The molecule has 7 nitrogen and oxygen atoms in total. The molecule has 0 aromatic heterocycles. The molecule has 2 amide bonds. The minimum atomic E-state index is -3.09. The molecular formula is C16H24N2O5S2. The van der Waals surface area contributed by atoms with Gasteiger partial charge < -0.3 is 4.90 Å².